The molecule has 2 N–H and O–H groups in total. The Hall–Kier alpha value is -3.95. The van der Waals surface area contributed by atoms with Gasteiger partial charge < -0.3 is 25.0 Å². The van der Waals surface area contributed by atoms with E-state index in [0.29, 0.717) is 36.7 Å². The molecule has 3 amide bonds. The number of ether oxygens (including phenoxy) is 2. The molecule has 0 saturated heterocycles. The van der Waals surface area contributed by atoms with E-state index >= 15 is 0 Å². The van der Waals surface area contributed by atoms with Gasteiger partial charge in [-0.2, -0.15) is 0 Å². The first-order valence-electron chi connectivity index (χ1n) is 14.6. The van der Waals surface area contributed by atoms with Crippen molar-refractivity contribution in [2.45, 2.75) is 45.9 Å². The lowest BCUT2D eigenvalue weighted by atomic mass is 10.0. The summed E-state index contributed by atoms with van der Waals surface area (Å²) >= 11 is 0. The zero-order chi connectivity index (χ0) is 30.1. The summed E-state index contributed by atoms with van der Waals surface area (Å²) in [6.45, 7) is 9.17. The van der Waals surface area contributed by atoms with Crippen LogP contribution < -0.4 is 15.4 Å². The van der Waals surface area contributed by atoms with Gasteiger partial charge in [0.15, 0.2) is 0 Å². The third-order valence-electron chi connectivity index (χ3n) is 7.67. The zero-order valence-electron chi connectivity index (χ0n) is 25.3. The number of carbonyl (C=O) groups excluding carboxylic acids is 2. The number of likely N-dealkylation sites (N-methyl/N-ethyl adjacent to an activating group) is 1. The fraction of sp³-hybridized carbons (Fsp3) is 0.424. The first-order valence-corrected chi connectivity index (χ1v) is 14.6. The molecule has 42 heavy (non-hydrogen) atoms. The summed E-state index contributed by atoms with van der Waals surface area (Å²) in [7, 11) is 3.48. The van der Waals surface area contributed by atoms with E-state index in [4.69, 9.17) is 9.47 Å². The second-order valence-electron chi connectivity index (χ2n) is 11.0. The third kappa shape index (κ3) is 8.08. The lowest BCUT2D eigenvalue weighted by Gasteiger charge is -2.36. The Morgan fingerprint density at radius 1 is 1.10 bits per heavy atom. The highest BCUT2D eigenvalue weighted by molar-refractivity contribution is 5.98. The molecule has 9 heteroatoms. The summed E-state index contributed by atoms with van der Waals surface area (Å²) < 4.78 is 12.2. The number of nitrogens with zero attached hydrogens (tertiary/aromatic N) is 3. The number of fused-ring (bicyclic) bond motifs is 1. The molecule has 0 bridgehead atoms. The van der Waals surface area contributed by atoms with Crippen molar-refractivity contribution < 1.29 is 19.1 Å². The molecule has 1 aliphatic rings. The highest BCUT2D eigenvalue weighted by Gasteiger charge is 2.28. The molecule has 9 nitrogen and oxygen atoms in total. The SMILES string of the molecule is CCCNC(=O)Nc1ccc2c(c1)OC[C@H](C)N(Cc1ccc(-c3ccccn3)cc1)C[C@H](C)[C@@H](OC)CN(C)C2=O. The smallest absolute Gasteiger partial charge is 0.319 e. The van der Waals surface area contributed by atoms with Crippen LogP contribution in [0, 0.1) is 5.92 Å². The molecular formula is C33H43N5O4. The van der Waals surface area contributed by atoms with Crippen LogP contribution in [-0.2, 0) is 11.3 Å². The van der Waals surface area contributed by atoms with E-state index < -0.39 is 0 Å². The van der Waals surface area contributed by atoms with E-state index in [2.05, 4.69) is 58.6 Å². The Morgan fingerprint density at radius 2 is 1.88 bits per heavy atom. The van der Waals surface area contributed by atoms with E-state index in [1.165, 1.54) is 5.56 Å². The number of hydrogen-bond acceptors (Lipinski definition) is 6. The predicted molar refractivity (Wildman–Crippen MR) is 166 cm³/mol. The molecule has 0 fully saturated rings. The molecule has 0 unspecified atom stereocenters. The number of anilines is 1. The molecule has 1 aromatic heterocycles. The molecule has 1 aliphatic heterocycles. The van der Waals surface area contributed by atoms with Gasteiger partial charge in [0, 0.05) is 69.9 Å². The standard InChI is InChI=1S/C33H43N5O4/c1-6-16-35-33(40)36-27-14-15-28-30(18-27)42-22-24(3)38(19-23(2)31(41-5)21-37(4)32(28)39)20-25-10-12-26(13-11-25)29-9-7-8-17-34-29/h7-15,17-18,23-24,31H,6,16,19-22H2,1-5H3,(H2,35,36,40)/t23-,24-,31-/m0/s1. The Morgan fingerprint density at radius 3 is 2.57 bits per heavy atom. The Labute approximate surface area is 249 Å². The largest absolute Gasteiger partial charge is 0.491 e. The summed E-state index contributed by atoms with van der Waals surface area (Å²) in [5.41, 5.74) is 4.22. The van der Waals surface area contributed by atoms with Gasteiger partial charge in [-0.25, -0.2) is 4.79 Å². The van der Waals surface area contributed by atoms with Crippen molar-refractivity contribution in [2.75, 3.05) is 45.7 Å². The molecular weight excluding hydrogens is 530 g/mol. The molecule has 0 radical (unpaired) electrons. The second kappa shape index (κ2) is 14.8. The number of carbonyl (C=O) groups is 2. The van der Waals surface area contributed by atoms with Crippen LogP contribution in [0.4, 0.5) is 10.5 Å². The second-order valence-corrected chi connectivity index (χ2v) is 11.0. The number of pyridine rings is 1. The maximum atomic E-state index is 13.5. The van der Waals surface area contributed by atoms with Crippen LogP contribution in [0.3, 0.4) is 0 Å². The first-order chi connectivity index (χ1) is 20.3. The van der Waals surface area contributed by atoms with E-state index in [1.807, 2.05) is 25.1 Å². The summed E-state index contributed by atoms with van der Waals surface area (Å²) in [6.07, 6.45) is 2.50. The Bertz CT molecular complexity index is 1320. The molecule has 0 saturated carbocycles. The highest BCUT2D eigenvalue weighted by Crippen LogP contribution is 2.27. The van der Waals surface area contributed by atoms with Crippen LogP contribution in [0.5, 0.6) is 5.75 Å². The van der Waals surface area contributed by atoms with E-state index in [1.54, 1.807) is 43.5 Å². The van der Waals surface area contributed by atoms with Crippen molar-refractivity contribution in [3.05, 3.63) is 78.0 Å². The zero-order valence-corrected chi connectivity index (χ0v) is 25.3. The normalized spacial score (nSPS) is 20.1. The van der Waals surface area contributed by atoms with E-state index in [9.17, 15) is 9.59 Å². The highest BCUT2D eigenvalue weighted by atomic mass is 16.5. The minimum absolute atomic E-state index is 0.0324. The maximum Gasteiger partial charge on any atom is 0.319 e. The van der Waals surface area contributed by atoms with Crippen molar-refractivity contribution in [2.24, 2.45) is 5.92 Å². The van der Waals surface area contributed by atoms with Crippen molar-refractivity contribution in [3.63, 3.8) is 0 Å². The van der Waals surface area contributed by atoms with E-state index in [-0.39, 0.29) is 30.0 Å². The lowest BCUT2D eigenvalue weighted by Crippen LogP contribution is -2.46. The number of urea groups is 1. The molecule has 2 aromatic carbocycles. The van der Waals surface area contributed by atoms with Gasteiger partial charge in [-0.15, -0.1) is 0 Å². The van der Waals surface area contributed by atoms with Gasteiger partial charge in [-0.05, 0) is 49.1 Å². The maximum absolute atomic E-state index is 13.5. The summed E-state index contributed by atoms with van der Waals surface area (Å²) in [5.74, 6) is 0.446. The third-order valence-corrected chi connectivity index (χ3v) is 7.67. The van der Waals surface area contributed by atoms with Gasteiger partial charge in [-0.1, -0.05) is 44.2 Å². The number of nitrogens with one attached hydrogen (secondary N) is 2. The summed E-state index contributed by atoms with van der Waals surface area (Å²) in [6, 6.07) is 19.3. The fourth-order valence-corrected chi connectivity index (χ4v) is 5.11. The number of amides is 3. The average Bonchev–Trinajstić information content (AvgIpc) is 3.01. The molecule has 2 heterocycles. The summed E-state index contributed by atoms with van der Waals surface area (Å²) in [4.78, 5) is 34.3. The Kier molecular flexibility index (Phi) is 10.9. The number of aromatic nitrogens is 1. The number of methoxy groups -OCH3 is 1. The topological polar surface area (TPSA) is 96.0 Å². The van der Waals surface area contributed by atoms with Crippen LogP contribution in [0.25, 0.3) is 11.3 Å². The molecule has 224 valence electrons. The van der Waals surface area contributed by atoms with Crippen LogP contribution in [0.15, 0.2) is 66.9 Å². The molecule has 4 rings (SSSR count). The van der Waals surface area contributed by atoms with Crippen LogP contribution in [0.2, 0.25) is 0 Å². The monoisotopic (exact) mass is 573 g/mol. The van der Waals surface area contributed by atoms with E-state index in [0.717, 1.165) is 30.8 Å². The van der Waals surface area contributed by atoms with Crippen molar-refractivity contribution in [1.82, 2.24) is 20.1 Å². The average molecular weight is 574 g/mol. The molecule has 3 atom stereocenters. The van der Waals surface area contributed by atoms with Crippen molar-refractivity contribution in [1.29, 1.82) is 0 Å². The van der Waals surface area contributed by atoms with Gasteiger partial charge in [0.2, 0.25) is 0 Å². The minimum Gasteiger partial charge on any atom is -0.491 e. The van der Waals surface area contributed by atoms with Gasteiger partial charge >= 0.3 is 6.03 Å². The number of benzene rings is 2. The Balaban J connectivity index is 1.58. The van der Waals surface area contributed by atoms with Crippen molar-refractivity contribution in [3.8, 4) is 17.0 Å². The van der Waals surface area contributed by atoms with Gasteiger partial charge in [0.25, 0.3) is 5.91 Å². The minimum atomic E-state index is -0.293. The molecule has 3 aromatic rings. The predicted octanol–water partition coefficient (Wildman–Crippen LogP) is 5.29. The van der Waals surface area contributed by atoms with Crippen molar-refractivity contribution >= 4 is 17.6 Å². The molecule has 0 spiro atoms. The molecule has 0 aliphatic carbocycles. The van der Waals surface area contributed by atoms with Crippen LogP contribution in [-0.4, -0.2) is 79.3 Å². The van der Waals surface area contributed by atoms with Gasteiger partial charge in [-0.3, -0.25) is 14.7 Å². The van der Waals surface area contributed by atoms with Crippen LogP contribution in [0.1, 0.15) is 43.1 Å². The lowest BCUT2D eigenvalue weighted by molar-refractivity contribution is 0.00922. The fourth-order valence-electron chi connectivity index (χ4n) is 5.11. The quantitative estimate of drug-likeness (QED) is 0.399. The first kappa shape index (κ1) is 31.0. The summed E-state index contributed by atoms with van der Waals surface area (Å²) in [5, 5.41) is 5.65. The van der Waals surface area contributed by atoms with Gasteiger partial charge in [0.1, 0.15) is 12.4 Å². The number of hydrogen-bond donors (Lipinski definition) is 2. The number of rotatable bonds is 7. The van der Waals surface area contributed by atoms with Crippen LogP contribution >= 0.6 is 0 Å². The van der Waals surface area contributed by atoms with Gasteiger partial charge in [0.05, 0.1) is 17.4 Å².